The second-order valence-corrected chi connectivity index (χ2v) is 2.49. The fourth-order valence-corrected chi connectivity index (χ4v) is 1.16. The average Bonchev–Trinajstić information content (AvgIpc) is 1.88. The third-order valence-corrected chi connectivity index (χ3v) is 1.74. The van der Waals surface area contributed by atoms with Gasteiger partial charge in [0.2, 0.25) is 0 Å². The lowest BCUT2D eigenvalue weighted by atomic mass is 10.1. The Morgan fingerprint density at radius 1 is 1.67 bits per heavy atom. The van der Waals surface area contributed by atoms with Crippen molar-refractivity contribution in [2.75, 3.05) is 20.2 Å². The molecule has 0 unspecified atom stereocenters. The van der Waals surface area contributed by atoms with Crippen LogP contribution in [0, 0.1) is 0 Å². The summed E-state index contributed by atoms with van der Waals surface area (Å²) in [5, 5.41) is 1.82. The van der Waals surface area contributed by atoms with Crippen LogP contribution in [0.2, 0.25) is 0 Å². The van der Waals surface area contributed by atoms with Crippen molar-refractivity contribution < 1.29 is 4.74 Å². The van der Waals surface area contributed by atoms with Gasteiger partial charge in [-0.05, 0) is 12.8 Å². The minimum atomic E-state index is 0.365. The third-order valence-electron chi connectivity index (χ3n) is 1.74. The normalized spacial score (nSPS) is 30.7. The monoisotopic (exact) mass is 130 g/mol. The molecular formula is C6H14N2O. The number of hydrogen-bond donors (Lipinski definition) is 1. The number of piperidine rings is 1. The molecule has 1 aliphatic rings. The SMILES string of the molecule is CO[C@H]1CCCN(N)C1. The molecule has 1 heterocycles. The van der Waals surface area contributed by atoms with Gasteiger partial charge in [-0.1, -0.05) is 0 Å². The highest BCUT2D eigenvalue weighted by atomic mass is 16.5. The number of methoxy groups -OCH3 is 1. The summed E-state index contributed by atoms with van der Waals surface area (Å²) in [5.41, 5.74) is 0. The number of hydrazine groups is 1. The van der Waals surface area contributed by atoms with E-state index in [9.17, 15) is 0 Å². The van der Waals surface area contributed by atoms with Crippen LogP contribution in [0.1, 0.15) is 12.8 Å². The zero-order valence-electron chi connectivity index (χ0n) is 5.84. The quantitative estimate of drug-likeness (QED) is 0.507. The summed E-state index contributed by atoms with van der Waals surface area (Å²) < 4.78 is 5.14. The van der Waals surface area contributed by atoms with Crippen LogP contribution in [0.25, 0.3) is 0 Å². The Morgan fingerprint density at radius 3 is 2.89 bits per heavy atom. The van der Waals surface area contributed by atoms with Gasteiger partial charge in [0, 0.05) is 20.2 Å². The number of rotatable bonds is 1. The Balaban J connectivity index is 2.23. The molecule has 0 radical (unpaired) electrons. The molecule has 0 aromatic carbocycles. The first-order chi connectivity index (χ1) is 4.33. The maximum atomic E-state index is 5.55. The number of ether oxygens (including phenoxy) is 1. The Morgan fingerprint density at radius 2 is 2.44 bits per heavy atom. The average molecular weight is 130 g/mol. The molecule has 3 heteroatoms. The molecule has 1 rings (SSSR count). The van der Waals surface area contributed by atoms with E-state index in [1.54, 1.807) is 7.11 Å². The predicted molar refractivity (Wildman–Crippen MR) is 35.8 cm³/mol. The Kier molecular flexibility index (Phi) is 2.45. The largest absolute Gasteiger partial charge is 0.380 e. The molecule has 0 aliphatic carbocycles. The van der Waals surface area contributed by atoms with Gasteiger partial charge < -0.3 is 4.74 Å². The molecule has 9 heavy (non-hydrogen) atoms. The van der Waals surface area contributed by atoms with Gasteiger partial charge in [0.25, 0.3) is 0 Å². The highest BCUT2D eigenvalue weighted by Gasteiger charge is 2.15. The molecule has 1 fully saturated rings. The van der Waals surface area contributed by atoms with Crippen molar-refractivity contribution in [3.63, 3.8) is 0 Å². The van der Waals surface area contributed by atoms with E-state index in [0.717, 1.165) is 25.9 Å². The molecule has 1 saturated heterocycles. The van der Waals surface area contributed by atoms with E-state index in [1.807, 2.05) is 5.01 Å². The van der Waals surface area contributed by atoms with Gasteiger partial charge in [-0.25, -0.2) is 5.01 Å². The van der Waals surface area contributed by atoms with Crippen LogP contribution in [0.4, 0.5) is 0 Å². The fraction of sp³-hybridized carbons (Fsp3) is 1.00. The van der Waals surface area contributed by atoms with E-state index in [0.29, 0.717) is 6.10 Å². The van der Waals surface area contributed by atoms with Crippen molar-refractivity contribution in [2.45, 2.75) is 18.9 Å². The zero-order valence-corrected chi connectivity index (χ0v) is 5.84. The van der Waals surface area contributed by atoms with Crippen molar-refractivity contribution in [1.82, 2.24) is 5.01 Å². The summed E-state index contributed by atoms with van der Waals surface area (Å²) in [6, 6.07) is 0. The molecule has 1 aliphatic heterocycles. The van der Waals surface area contributed by atoms with Gasteiger partial charge in [-0.15, -0.1) is 0 Å². The Labute approximate surface area is 55.7 Å². The number of nitrogens with zero attached hydrogens (tertiary/aromatic N) is 1. The van der Waals surface area contributed by atoms with Gasteiger partial charge in [0.1, 0.15) is 0 Å². The van der Waals surface area contributed by atoms with E-state index in [2.05, 4.69) is 0 Å². The maximum absolute atomic E-state index is 5.55. The highest BCUT2D eigenvalue weighted by Crippen LogP contribution is 2.08. The summed E-state index contributed by atoms with van der Waals surface area (Å²) in [5.74, 6) is 5.55. The van der Waals surface area contributed by atoms with Gasteiger partial charge in [-0.3, -0.25) is 5.84 Å². The molecule has 0 aromatic heterocycles. The molecule has 3 nitrogen and oxygen atoms in total. The summed E-state index contributed by atoms with van der Waals surface area (Å²) in [6.07, 6.45) is 2.68. The molecule has 0 aromatic rings. The second-order valence-electron chi connectivity index (χ2n) is 2.49. The van der Waals surface area contributed by atoms with Gasteiger partial charge in [0.05, 0.1) is 6.10 Å². The molecule has 54 valence electrons. The topological polar surface area (TPSA) is 38.5 Å². The van der Waals surface area contributed by atoms with Gasteiger partial charge in [-0.2, -0.15) is 0 Å². The number of nitrogens with two attached hydrogens (primary N) is 1. The van der Waals surface area contributed by atoms with E-state index in [-0.39, 0.29) is 0 Å². The van der Waals surface area contributed by atoms with Crippen molar-refractivity contribution in [3.8, 4) is 0 Å². The molecule has 0 amide bonds. The van der Waals surface area contributed by atoms with E-state index < -0.39 is 0 Å². The van der Waals surface area contributed by atoms with Crippen LogP contribution < -0.4 is 5.84 Å². The van der Waals surface area contributed by atoms with Gasteiger partial charge in [0.15, 0.2) is 0 Å². The summed E-state index contributed by atoms with van der Waals surface area (Å²) in [7, 11) is 1.74. The standard InChI is InChI=1S/C6H14N2O/c1-9-6-3-2-4-8(7)5-6/h6H,2-5,7H2,1H3/t6-/m0/s1. The van der Waals surface area contributed by atoms with Crippen molar-refractivity contribution in [1.29, 1.82) is 0 Å². The van der Waals surface area contributed by atoms with Crippen LogP contribution in [0.15, 0.2) is 0 Å². The van der Waals surface area contributed by atoms with Crippen LogP contribution >= 0.6 is 0 Å². The smallest absolute Gasteiger partial charge is 0.0712 e. The molecule has 1 atom stereocenters. The molecule has 2 N–H and O–H groups in total. The molecule has 0 saturated carbocycles. The van der Waals surface area contributed by atoms with E-state index in [1.165, 1.54) is 0 Å². The van der Waals surface area contributed by atoms with E-state index in [4.69, 9.17) is 10.6 Å². The zero-order chi connectivity index (χ0) is 6.69. The van der Waals surface area contributed by atoms with Crippen LogP contribution in [0.5, 0.6) is 0 Å². The fourth-order valence-electron chi connectivity index (χ4n) is 1.16. The summed E-state index contributed by atoms with van der Waals surface area (Å²) in [6.45, 7) is 1.90. The van der Waals surface area contributed by atoms with E-state index >= 15 is 0 Å². The van der Waals surface area contributed by atoms with Crippen LogP contribution in [0.3, 0.4) is 0 Å². The molecule has 0 spiro atoms. The van der Waals surface area contributed by atoms with Gasteiger partial charge >= 0.3 is 0 Å². The minimum absolute atomic E-state index is 0.365. The van der Waals surface area contributed by atoms with Crippen molar-refractivity contribution >= 4 is 0 Å². The summed E-state index contributed by atoms with van der Waals surface area (Å²) in [4.78, 5) is 0. The lowest BCUT2D eigenvalue weighted by Crippen LogP contribution is -2.43. The predicted octanol–water partition coefficient (Wildman–Crippen LogP) is -0.0291. The first-order valence-corrected chi connectivity index (χ1v) is 3.35. The van der Waals surface area contributed by atoms with Crippen LogP contribution in [-0.4, -0.2) is 31.3 Å². The van der Waals surface area contributed by atoms with Crippen molar-refractivity contribution in [2.24, 2.45) is 5.84 Å². The Hall–Kier alpha value is -0.120. The molecule has 0 bridgehead atoms. The molecular weight excluding hydrogens is 116 g/mol. The first-order valence-electron chi connectivity index (χ1n) is 3.35. The Bertz CT molecular complexity index is 87.1. The van der Waals surface area contributed by atoms with Crippen molar-refractivity contribution in [3.05, 3.63) is 0 Å². The summed E-state index contributed by atoms with van der Waals surface area (Å²) >= 11 is 0. The minimum Gasteiger partial charge on any atom is -0.380 e. The maximum Gasteiger partial charge on any atom is 0.0712 e. The lowest BCUT2D eigenvalue weighted by Gasteiger charge is -2.27. The number of hydrogen-bond acceptors (Lipinski definition) is 3. The lowest BCUT2D eigenvalue weighted by molar-refractivity contribution is 0.0313. The third kappa shape index (κ3) is 1.93. The first kappa shape index (κ1) is 6.99. The second kappa shape index (κ2) is 3.15. The van der Waals surface area contributed by atoms with Crippen LogP contribution in [-0.2, 0) is 4.74 Å². The highest BCUT2D eigenvalue weighted by molar-refractivity contribution is 4.68.